The number of carboxylic acid groups (broad SMARTS) is 1. The summed E-state index contributed by atoms with van der Waals surface area (Å²) in [5.41, 5.74) is 4.43. The van der Waals surface area contributed by atoms with Gasteiger partial charge in [-0.25, -0.2) is 4.98 Å². The van der Waals surface area contributed by atoms with E-state index in [1.165, 1.54) is 17.5 Å². The van der Waals surface area contributed by atoms with Crippen LogP contribution in [0, 0.1) is 0 Å². The molecule has 0 bridgehead atoms. The number of fused-ring (bicyclic) bond motifs is 1. The van der Waals surface area contributed by atoms with Crippen LogP contribution in [0.4, 0.5) is 5.82 Å². The van der Waals surface area contributed by atoms with Crippen molar-refractivity contribution in [2.75, 3.05) is 25.0 Å². The molecule has 1 unspecified atom stereocenters. The zero-order valence-electron chi connectivity index (χ0n) is 18.2. The number of nitrogens with one attached hydrogen (secondary N) is 1. The first kappa shape index (κ1) is 20.7. The molecule has 0 saturated carbocycles. The number of hydrogen-bond donors (Lipinski definition) is 2. The van der Waals surface area contributed by atoms with Gasteiger partial charge in [0.1, 0.15) is 11.9 Å². The Kier molecular flexibility index (Phi) is 5.90. The van der Waals surface area contributed by atoms with E-state index in [1.54, 1.807) is 0 Å². The average Bonchev–Trinajstić information content (AvgIpc) is 3.48. The van der Waals surface area contributed by atoms with Crippen molar-refractivity contribution in [3.8, 4) is 0 Å². The molecule has 166 valence electrons. The van der Waals surface area contributed by atoms with E-state index >= 15 is 0 Å². The van der Waals surface area contributed by atoms with Crippen LogP contribution in [-0.4, -0.2) is 50.4 Å². The van der Waals surface area contributed by atoms with E-state index in [0.717, 1.165) is 55.8 Å². The van der Waals surface area contributed by atoms with Crippen molar-refractivity contribution in [3.05, 3.63) is 77.2 Å². The smallest absolute Gasteiger partial charge is 0.325 e. The zero-order chi connectivity index (χ0) is 21.9. The summed E-state index contributed by atoms with van der Waals surface area (Å²) in [5, 5.41) is 17.8. The molecule has 0 aliphatic carbocycles. The predicted molar refractivity (Wildman–Crippen MR) is 123 cm³/mol. The van der Waals surface area contributed by atoms with Crippen LogP contribution in [0.1, 0.15) is 47.3 Å². The Bertz CT molecular complexity index is 1080. The largest absolute Gasteiger partial charge is 0.480 e. The molecular formula is C25H29N5O2. The average molecular weight is 432 g/mol. The van der Waals surface area contributed by atoms with Crippen molar-refractivity contribution in [1.82, 2.24) is 19.7 Å². The van der Waals surface area contributed by atoms with Gasteiger partial charge in [-0.2, -0.15) is 5.10 Å². The first-order valence-electron chi connectivity index (χ1n) is 11.4. The summed E-state index contributed by atoms with van der Waals surface area (Å²) >= 11 is 0. The van der Waals surface area contributed by atoms with Gasteiger partial charge in [-0.05, 0) is 54.9 Å². The van der Waals surface area contributed by atoms with Crippen LogP contribution >= 0.6 is 0 Å². The summed E-state index contributed by atoms with van der Waals surface area (Å²) in [6.45, 7) is 2.43. The fourth-order valence-corrected chi connectivity index (χ4v) is 4.85. The monoisotopic (exact) mass is 431 g/mol. The first-order chi connectivity index (χ1) is 15.7. The van der Waals surface area contributed by atoms with Crippen LogP contribution < -0.4 is 5.32 Å². The number of carboxylic acids is 1. The Morgan fingerprint density at radius 1 is 1.19 bits per heavy atom. The maximum absolute atomic E-state index is 12.0. The van der Waals surface area contributed by atoms with E-state index in [0.29, 0.717) is 6.54 Å². The van der Waals surface area contributed by atoms with Crippen molar-refractivity contribution in [2.45, 2.75) is 44.2 Å². The Balaban J connectivity index is 1.21. The molecular weight excluding hydrogens is 402 g/mol. The number of aromatic nitrogens is 3. The standard InChI is InChI=1S/C25H29N5O2/c31-25(32)23(19-5-2-1-3-6-19)29-14-12-22(17-29)30-16-18(15-27-30)8-10-21-11-9-20-7-4-13-26-24(20)28-21/h1-3,5-6,9,11,15-16,22-23H,4,7-8,10,12-14,17H2,(H,26,28)(H,31,32)/t22-,23?/m1/s1. The lowest BCUT2D eigenvalue weighted by Gasteiger charge is -2.24. The maximum Gasteiger partial charge on any atom is 0.325 e. The molecule has 2 aliphatic heterocycles. The van der Waals surface area contributed by atoms with Gasteiger partial charge < -0.3 is 10.4 Å². The first-order valence-corrected chi connectivity index (χ1v) is 11.4. The molecule has 2 aromatic heterocycles. The lowest BCUT2D eigenvalue weighted by Crippen LogP contribution is -2.32. The van der Waals surface area contributed by atoms with Crippen LogP contribution in [0.3, 0.4) is 0 Å². The number of likely N-dealkylation sites (tertiary alicyclic amines) is 1. The van der Waals surface area contributed by atoms with Crippen LogP contribution in [0.25, 0.3) is 0 Å². The summed E-state index contributed by atoms with van der Waals surface area (Å²) in [6.07, 6.45) is 9.00. The lowest BCUT2D eigenvalue weighted by atomic mass is 10.1. The van der Waals surface area contributed by atoms with Crippen LogP contribution in [0.2, 0.25) is 0 Å². The van der Waals surface area contributed by atoms with Gasteiger partial charge in [-0.15, -0.1) is 0 Å². The normalized spacial score (nSPS) is 19.3. The Morgan fingerprint density at radius 2 is 2.06 bits per heavy atom. The van der Waals surface area contributed by atoms with E-state index in [9.17, 15) is 9.90 Å². The van der Waals surface area contributed by atoms with Gasteiger partial charge in [-0.3, -0.25) is 14.4 Å². The van der Waals surface area contributed by atoms with Gasteiger partial charge in [0.05, 0.1) is 12.2 Å². The molecule has 3 aromatic rings. The zero-order valence-corrected chi connectivity index (χ0v) is 18.2. The number of hydrogen-bond acceptors (Lipinski definition) is 5. The molecule has 2 N–H and O–H groups in total. The second kappa shape index (κ2) is 9.12. The quantitative estimate of drug-likeness (QED) is 0.596. The molecule has 0 spiro atoms. The van der Waals surface area contributed by atoms with E-state index < -0.39 is 12.0 Å². The highest BCUT2D eigenvalue weighted by atomic mass is 16.4. The highest BCUT2D eigenvalue weighted by Gasteiger charge is 2.34. The SMILES string of the molecule is O=C(O)C(c1ccccc1)N1CC[C@@H](n2cc(CCc3ccc4c(n3)NCCC4)cn2)C1. The summed E-state index contributed by atoms with van der Waals surface area (Å²) in [7, 11) is 0. The van der Waals surface area contributed by atoms with Crippen molar-refractivity contribution < 1.29 is 9.90 Å². The van der Waals surface area contributed by atoms with E-state index in [1.807, 2.05) is 46.1 Å². The molecule has 4 heterocycles. The van der Waals surface area contributed by atoms with Crippen LogP contribution in [0.15, 0.2) is 54.9 Å². The summed E-state index contributed by atoms with van der Waals surface area (Å²) < 4.78 is 2.01. The summed E-state index contributed by atoms with van der Waals surface area (Å²) in [4.78, 5) is 18.8. The van der Waals surface area contributed by atoms with Gasteiger partial charge in [0.2, 0.25) is 0 Å². The Morgan fingerprint density at radius 3 is 2.91 bits per heavy atom. The van der Waals surface area contributed by atoms with Crippen molar-refractivity contribution in [1.29, 1.82) is 0 Å². The van der Waals surface area contributed by atoms with Crippen LogP contribution in [-0.2, 0) is 24.1 Å². The number of nitrogens with zero attached hydrogens (tertiary/aromatic N) is 4. The second-order valence-electron chi connectivity index (χ2n) is 8.76. The molecule has 7 nitrogen and oxygen atoms in total. The van der Waals surface area contributed by atoms with Gasteiger partial charge >= 0.3 is 5.97 Å². The van der Waals surface area contributed by atoms with Gasteiger partial charge in [-0.1, -0.05) is 36.4 Å². The number of aliphatic carboxylic acids is 1. The van der Waals surface area contributed by atoms with Crippen molar-refractivity contribution in [2.24, 2.45) is 0 Å². The van der Waals surface area contributed by atoms with Gasteiger partial charge in [0, 0.05) is 31.5 Å². The molecule has 2 aliphatic rings. The van der Waals surface area contributed by atoms with Crippen LogP contribution in [0.5, 0.6) is 0 Å². The Labute approximate surface area is 188 Å². The molecule has 7 heteroatoms. The molecule has 1 fully saturated rings. The molecule has 2 atom stereocenters. The summed E-state index contributed by atoms with van der Waals surface area (Å²) in [5.74, 6) is 0.243. The number of carbonyl (C=O) groups is 1. The number of anilines is 1. The lowest BCUT2D eigenvalue weighted by molar-refractivity contribution is -0.143. The number of benzene rings is 1. The minimum absolute atomic E-state index is 0.195. The molecule has 1 aromatic carbocycles. The minimum Gasteiger partial charge on any atom is -0.480 e. The fraction of sp³-hybridized carbons (Fsp3) is 0.400. The van der Waals surface area contributed by atoms with Crippen molar-refractivity contribution >= 4 is 11.8 Å². The predicted octanol–water partition coefficient (Wildman–Crippen LogP) is 3.49. The second-order valence-corrected chi connectivity index (χ2v) is 8.76. The third-order valence-electron chi connectivity index (χ3n) is 6.56. The van der Waals surface area contributed by atoms with Gasteiger partial charge in [0.15, 0.2) is 0 Å². The van der Waals surface area contributed by atoms with E-state index in [-0.39, 0.29) is 6.04 Å². The molecule has 32 heavy (non-hydrogen) atoms. The Hall–Kier alpha value is -3.19. The number of rotatable bonds is 7. The van der Waals surface area contributed by atoms with Gasteiger partial charge in [0.25, 0.3) is 0 Å². The van der Waals surface area contributed by atoms with E-state index in [2.05, 4.69) is 28.7 Å². The topological polar surface area (TPSA) is 83.3 Å². The highest BCUT2D eigenvalue weighted by molar-refractivity contribution is 5.75. The summed E-state index contributed by atoms with van der Waals surface area (Å²) in [6, 6.07) is 13.4. The van der Waals surface area contributed by atoms with E-state index in [4.69, 9.17) is 4.98 Å². The molecule has 0 radical (unpaired) electrons. The molecule has 1 saturated heterocycles. The third-order valence-corrected chi connectivity index (χ3v) is 6.56. The minimum atomic E-state index is -0.801. The maximum atomic E-state index is 12.0. The number of pyridine rings is 1. The fourth-order valence-electron chi connectivity index (χ4n) is 4.85. The third kappa shape index (κ3) is 4.39. The molecule has 0 amide bonds. The van der Waals surface area contributed by atoms with Crippen molar-refractivity contribution in [3.63, 3.8) is 0 Å². The number of aryl methyl sites for hydroxylation is 3. The highest BCUT2D eigenvalue weighted by Crippen LogP contribution is 2.30. The molecule has 5 rings (SSSR count).